The summed E-state index contributed by atoms with van der Waals surface area (Å²) >= 11 is 0. The molecular weight excluding hydrogens is 328 g/mol. The summed E-state index contributed by atoms with van der Waals surface area (Å²) in [4.78, 5) is 16.6. The van der Waals surface area contributed by atoms with E-state index in [9.17, 15) is 4.79 Å². The summed E-state index contributed by atoms with van der Waals surface area (Å²) in [5.41, 5.74) is 2.03. The van der Waals surface area contributed by atoms with Crippen LogP contribution in [0.4, 0.5) is 0 Å². The van der Waals surface area contributed by atoms with Gasteiger partial charge in [-0.2, -0.15) is 5.10 Å². The zero-order valence-electron chi connectivity index (χ0n) is 14.6. The molecule has 3 aromatic rings. The van der Waals surface area contributed by atoms with Gasteiger partial charge in [-0.3, -0.25) is 4.79 Å². The quantitative estimate of drug-likeness (QED) is 0.709. The Hall–Kier alpha value is -3.15. The van der Waals surface area contributed by atoms with Crippen LogP contribution in [-0.2, 0) is 11.3 Å². The lowest BCUT2D eigenvalue weighted by atomic mass is 10.0. The van der Waals surface area contributed by atoms with Crippen LogP contribution in [0.15, 0.2) is 64.4 Å². The van der Waals surface area contributed by atoms with Crippen molar-refractivity contribution in [3.8, 4) is 11.6 Å². The van der Waals surface area contributed by atoms with Crippen LogP contribution in [0.2, 0.25) is 0 Å². The first-order valence-corrected chi connectivity index (χ1v) is 8.72. The third-order valence-electron chi connectivity index (χ3n) is 4.44. The minimum atomic E-state index is 0.0557. The number of aromatic nitrogens is 2. The molecule has 0 saturated heterocycles. The molecular formula is C20H20N4O2. The molecule has 2 aromatic heterocycles. The van der Waals surface area contributed by atoms with Crippen molar-refractivity contribution < 1.29 is 9.21 Å². The summed E-state index contributed by atoms with van der Waals surface area (Å²) in [6.07, 6.45) is 4.80. The van der Waals surface area contributed by atoms with E-state index in [2.05, 4.69) is 10.1 Å². The van der Waals surface area contributed by atoms with E-state index in [1.54, 1.807) is 11.2 Å². The van der Waals surface area contributed by atoms with Crippen LogP contribution in [0, 0.1) is 6.92 Å². The smallest absolute Gasteiger partial charge is 0.243 e. The minimum absolute atomic E-state index is 0.0557. The molecule has 0 atom stereocenters. The molecule has 26 heavy (non-hydrogen) atoms. The summed E-state index contributed by atoms with van der Waals surface area (Å²) in [5, 5.41) is 6.15. The second-order valence-corrected chi connectivity index (χ2v) is 6.28. The Morgan fingerprint density at radius 3 is 2.69 bits per heavy atom. The van der Waals surface area contributed by atoms with Gasteiger partial charge in [0.1, 0.15) is 5.76 Å². The molecule has 1 aliphatic rings. The van der Waals surface area contributed by atoms with E-state index < -0.39 is 0 Å². The highest BCUT2D eigenvalue weighted by molar-refractivity contribution is 6.04. The number of rotatable bonds is 5. The predicted molar refractivity (Wildman–Crippen MR) is 98.6 cm³/mol. The van der Waals surface area contributed by atoms with Crippen LogP contribution >= 0.6 is 0 Å². The van der Waals surface area contributed by atoms with Gasteiger partial charge >= 0.3 is 0 Å². The number of hydrogen-bond donors (Lipinski definition) is 0. The van der Waals surface area contributed by atoms with Crippen molar-refractivity contribution in [1.29, 1.82) is 0 Å². The molecule has 0 spiro atoms. The van der Waals surface area contributed by atoms with E-state index in [1.165, 1.54) is 0 Å². The molecule has 0 aliphatic carbocycles. The molecule has 0 fully saturated rings. The molecule has 1 aromatic carbocycles. The van der Waals surface area contributed by atoms with E-state index in [0.29, 0.717) is 25.9 Å². The molecule has 4 rings (SSSR count). The van der Waals surface area contributed by atoms with E-state index in [-0.39, 0.29) is 5.91 Å². The molecule has 6 nitrogen and oxygen atoms in total. The lowest BCUT2D eigenvalue weighted by molar-refractivity contribution is -0.131. The first-order valence-electron chi connectivity index (χ1n) is 8.72. The topological polar surface area (TPSA) is 63.6 Å². The number of aryl methyl sites for hydroxylation is 1. The number of carbonyl (C=O) groups excluding carboxylic acids is 1. The lowest BCUT2D eigenvalue weighted by Crippen LogP contribution is -2.34. The molecule has 3 heterocycles. The zero-order valence-corrected chi connectivity index (χ0v) is 14.6. The molecule has 0 N–H and O–H groups in total. The van der Waals surface area contributed by atoms with Crippen molar-refractivity contribution in [2.24, 2.45) is 5.10 Å². The fourth-order valence-electron chi connectivity index (χ4n) is 3.09. The monoisotopic (exact) mass is 348 g/mol. The third-order valence-corrected chi connectivity index (χ3v) is 4.44. The molecule has 0 radical (unpaired) electrons. The number of hydrazone groups is 1. The zero-order chi connectivity index (χ0) is 17.9. The van der Waals surface area contributed by atoms with Gasteiger partial charge in [0, 0.05) is 31.8 Å². The molecule has 132 valence electrons. The van der Waals surface area contributed by atoms with Gasteiger partial charge in [-0.15, -0.1) is 0 Å². The summed E-state index contributed by atoms with van der Waals surface area (Å²) < 4.78 is 7.65. The number of imidazole rings is 1. The molecule has 1 amide bonds. The Labute approximate surface area is 151 Å². The second kappa shape index (κ2) is 7.00. The van der Waals surface area contributed by atoms with Gasteiger partial charge in [0.25, 0.3) is 0 Å². The number of benzene rings is 1. The van der Waals surface area contributed by atoms with Crippen LogP contribution < -0.4 is 0 Å². The number of nitrogens with zero attached hydrogens (tertiary/aromatic N) is 4. The largest absolute Gasteiger partial charge is 0.458 e. The van der Waals surface area contributed by atoms with Gasteiger partial charge in [-0.1, -0.05) is 30.3 Å². The van der Waals surface area contributed by atoms with Crippen molar-refractivity contribution in [3.05, 3.63) is 66.2 Å². The fourth-order valence-corrected chi connectivity index (χ4v) is 3.09. The lowest BCUT2D eigenvalue weighted by Gasteiger charge is -2.24. The van der Waals surface area contributed by atoms with Crippen LogP contribution in [-0.4, -0.2) is 32.7 Å². The average molecular weight is 348 g/mol. The minimum Gasteiger partial charge on any atom is -0.458 e. The van der Waals surface area contributed by atoms with Crippen LogP contribution in [0.3, 0.4) is 0 Å². The molecule has 0 bridgehead atoms. The highest BCUT2D eigenvalue weighted by Gasteiger charge is 2.21. The first kappa shape index (κ1) is 16.3. The molecule has 0 saturated carbocycles. The van der Waals surface area contributed by atoms with Crippen LogP contribution in [0.5, 0.6) is 0 Å². The number of carbonyl (C=O) groups is 1. The van der Waals surface area contributed by atoms with Crippen LogP contribution in [0.1, 0.15) is 24.2 Å². The SMILES string of the molecule is Cc1ccc(-c2nccn2CCN2N=C(c3ccccc3)CCC2=O)o1. The van der Waals surface area contributed by atoms with Crippen molar-refractivity contribution in [2.75, 3.05) is 6.54 Å². The summed E-state index contributed by atoms with van der Waals surface area (Å²) in [7, 11) is 0. The predicted octanol–water partition coefficient (Wildman–Crippen LogP) is 3.48. The number of furan rings is 1. The second-order valence-electron chi connectivity index (χ2n) is 6.28. The van der Waals surface area contributed by atoms with E-state index in [0.717, 1.165) is 28.6 Å². The van der Waals surface area contributed by atoms with Crippen molar-refractivity contribution in [2.45, 2.75) is 26.3 Å². The molecule has 6 heteroatoms. The normalized spacial score (nSPS) is 14.6. The molecule has 0 unspecified atom stereocenters. The van der Waals surface area contributed by atoms with Gasteiger partial charge in [0.05, 0.1) is 12.3 Å². The first-order chi connectivity index (χ1) is 12.7. The number of hydrogen-bond acceptors (Lipinski definition) is 4. The maximum atomic E-state index is 12.3. The summed E-state index contributed by atoms with van der Waals surface area (Å²) in [6, 6.07) is 13.8. The van der Waals surface area contributed by atoms with Crippen LogP contribution in [0.25, 0.3) is 11.6 Å². The van der Waals surface area contributed by atoms with Gasteiger partial charge in [0.15, 0.2) is 11.6 Å². The fraction of sp³-hybridized carbons (Fsp3) is 0.250. The van der Waals surface area contributed by atoms with E-state index in [4.69, 9.17) is 4.42 Å². The van der Waals surface area contributed by atoms with Crippen molar-refractivity contribution >= 4 is 11.6 Å². The Bertz CT molecular complexity index is 940. The summed E-state index contributed by atoms with van der Waals surface area (Å²) in [6.45, 7) is 3.01. The Morgan fingerprint density at radius 1 is 1.08 bits per heavy atom. The Balaban J connectivity index is 1.51. The van der Waals surface area contributed by atoms with Crippen molar-refractivity contribution in [1.82, 2.24) is 14.6 Å². The van der Waals surface area contributed by atoms with E-state index in [1.807, 2.05) is 60.2 Å². The standard InChI is InChI=1S/C20H20N4O2/c1-15-7-9-18(26-15)20-21-11-12-23(20)13-14-24-19(25)10-8-17(22-24)16-5-3-2-4-6-16/h2-7,9,11-12H,8,10,13-14H2,1H3. The highest BCUT2D eigenvalue weighted by Crippen LogP contribution is 2.21. The van der Waals surface area contributed by atoms with E-state index >= 15 is 0 Å². The van der Waals surface area contributed by atoms with Gasteiger partial charge in [0.2, 0.25) is 5.91 Å². The van der Waals surface area contributed by atoms with Gasteiger partial charge < -0.3 is 8.98 Å². The van der Waals surface area contributed by atoms with Gasteiger partial charge in [-0.25, -0.2) is 9.99 Å². The average Bonchev–Trinajstić information content (AvgIpc) is 3.30. The third kappa shape index (κ3) is 3.31. The van der Waals surface area contributed by atoms with Crippen molar-refractivity contribution in [3.63, 3.8) is 0 Å². The maximum Gasteiger partial charge on any atom is 0.243 e. The maximum absolute atomic E-state index is 12.3. The Morgan fingerprint density at radius 2 is 1.92 bits per heavy atom. The van der Waals surface area contributed by atoms with Gasteiger partial charge in [-0.05, 0) is 24.6 Å². The number of amides is 1. The summed E-state index contributed by atoms with van der Waals surface area (Å²) in [5.74, 6) is 2.39. The Kier molecular flexibility index (Phi) is 4.39. The highest BCUT2D eigenvalue weighted by atomic mass is 16.3. The molecule has 1 aliphatic heterocycles.